The average molecular weight is 437 g/mol. The fourth-order valence-electron chi connectivity index (χ4n) is 3.08. The van der Waals surface area contributed by atoms with Crippen molar-refractivity contribution in [1.82, 2.24) is 14.9 Å². The number of carbonyl (C=O) groups is 1. The van der Waals surface area contributed by atoms with Crippen molar-refractivity contribution < 1.29 is 13.6 Å². The summed E-state index contributed by atoms with van der Waals surface area (Å²) in [6, 6.07) is 15.1. The fraction of sp³-hybridized carbons (Fsp3) is 0.174. The van der Waals surface area contributed by atoms with E-state index < -0.39 is 11.1 Å². The van der Waals surface area contributed by atoms with Gasteiger partial charge in [-0.25, -0.2) is 9.37 Å². The van der Waals surface area contributed by atoms with Gasteiger partial charge in [-0.1, -0.05) is 30.0 Å². The maximum Gasteiger partial charge on any atom is 0.266 e. The van der Waals surface area contributed by atoms with Crippen LogP contribution in [0.4, 0.5) is 4.39 Å². The first kappa shape index (κ1) is 20.9. The van der Waals surface area contributed by atoms with Crippen LogP contribution < -0.4 is 10.9 Å². The van der Waals surface area contributed by atoms with E-state index in [1.54, 1.807) is 62.4 Å². The zero-order valence-corrected chi connectivity index (χ0v) is 17.8. The summed E-state index contributed by atoms with van der Waals surface area (Å²) in [7, 11) is 0. The van der Waals surface area contributed by atoms with Gasteiger partial charge in [0.1, 0.15) is 11.6 Å². The average Bonchev–Trinajstić information content (AvgIpc) is 3.28. The van der Waals surface area contributed by atoms with E-state index in [4.69, 9.17) is 4.42 Å². The number of aryl methyl sites for hydroxylation is 1. The molecule has 2 aromatic heterocycles. The third-order valence-corrected chi connectivity index (χ3v) is 5.88. The van der Waals surface area contributed by atoms with Crippen LogP contribution in [0.3, 0.4) is 0 Å². The van der Waals surface area contributed by atoms with Gasteiger partial charge in [0.25, 0.3) is 5.56 Å². The number of furan rings is 1. The lowest BCUT2D eigenvalue weighted by molar-refractivity contribution is -0.120. The lowest BCUT2D eigenvalue weighted by Crippen LogP contribution is -2.31. The number of nitrogens with one attached hydrogen (secondary N) is 1. The highest BCUT2D eigenvalue weighted by molar-refractivity contribution is 8.00. The third-order valence-electron chi connectivity index (χ3n) is 4.83. The van der Waals surface area contributed by atoms with Crippen molar-refractivity contribution in [2.75, 3.05) is 0 Å². The molecule has 31 heavy (non-hydrogen) atoms. The van der Waals surface area contributed by atoms with Crippen molar-refractivity contribution in [2.24, 2.45) is 0 Å². The topological polar surface area (TPSA) is 77.1 Å². The zero-order chi connectivity index (χ0) is 22.0. The first-order chi connectivity index (χ1) is 14.9. The van der Waals surface area contributed by atoms with Gasteiger partial charge in [0.15, 0.2) is 5.16 Å². The van der Waals surface area contributed by atoms with E-state index in [9.17, 15) is 14.0 Å². The van der Waals surface area contributed by atoms with Gasteiger partial charge < -0.3 is 9.73 Å². The maximum absolute atomic E-state index is 14.3. The molecule has 2 heterocycles. The molecule has 158 valence electrons. The number of amides is 1. The van der Waals surface area contributed by atoms with Gasteiger partial charge in [0, 0.05) is 0 Å². The summed E-state index contributed by atoms with van der Waals surface area (Å²) < 4.78 is 20.8. The Kier molecular flexibility index (Phi) is 5.90. The third kappa shape index (κ3) is 4.39. The number of aromatic nitrogens is 2. The number of fused-ring (bicyclic) bond motifs is 1. The van der Waals surface area contributed by atoms with Gasteiger partial charge >= 0.3 is 0 Å². The molecule has 0 aliphatic carbocycles. The molecule has 4 rings (SSSR count). The fourth-order valence-corrected chi connectivity index (χ4v) is 4.03. The number of hydrogen-bond acceptors (Lipinski definition) is 5. The molecule has 1 N–H and O–H groups in total. The summed E-state index contributed by atoms with van der Waals surface area (Å²) in [5, 5.41) is 2.98. The van der Waals surface area contributed by atoms with Gasteiger partial charge in [-0.3, -0.25) is 14.2 Å². The Balaban J connectivity index is 1.70. The number of halogens is 1. The predicted octanol–water partition coefficient (Wildman–Crippen LogP) is 4.22. The quantitative estimate of drug-likeness (QED) is 0.361. The van der Waals surface area contributed by atoms with Crippen molar-refractivity contribution in [2.45, 2.75) is 30.8 Å². The van der Waals surface area contributed by atoms with Crippen LogP contribution in [-0.4, -0.2) is 20.7 Å². The van der Waals surface area contributed by atoms with E-state index in [0.29, 0.717) is 33.1 Å². The van der Waals surface area contributed by atoms with Crippen LogP contribution in [0.15, 0.2) is 75.2 Å². The minimum absolute atomic E-state index is 0.231. The molecule has 0 radical (unpaired) electrons. The summed E-state index contributed by atoms with van der Waals surface area (Å²) in [5.74, 6) is -0.00962. The molecular formula is C23H20FN3O3S. The van der Waals surface area contributed by atoms with Gasteiger partial charge in [-0.05, 0) is 55.8 Å². The van der Waals surface area contributed by atoms with Gasteiger partial charge in [-0.2, -0.15) is 0 Å². The Labute approximate surface area is 182 Å². The van der Waals surface area contributed by atoms with Gasteiger partial charge in [0.2, 0.25) is 5.91 Å². The van der Waals surface area contributed by atoms with E-state index in [-0.39, 0.29) is 18.0 Å². The van der Waals surface area contributed by atoms with Gasteiger partial charge in [-0.15, -0.1) is 0 Å². The monoisotopic (exact) mass is 437 g/mol. The number of benzene rings is 2. The first-order valence-electron chi connectivity index (χ1n) is 9.69. The van der Waals surface area contributed by atoms with Crippen LogP contribution in [0.25, 0.3) is 16.6 Å². The molecular weight excluding hydrogens is 417 g/mol. The molecule has 1 amide bonds. The summed E-state index contributed by atoms with van der Waals surface area (Å²) in [5.41, 5.74) is 1.03. The van der Waals surface area contributed by atoms with E-state index in [1.165, 1.54) is 16.9 Å². The number of carbonyl (C=O) groups excluding carboxylic acids is 1. The standard InChI is InChI=1S/C23H20FN3O3S/c1-14-9-10-16(12-19(14)24)27-22(29)18-7-3-4-8-20(18)26-23(27)31-15(2)21(28)25-13-17-6-5-11-30-17/h3-12,15H,13H2,1-2H3,(H,25,28). The minimum atomic E-state index is -0.551. The highest BCUT2D eigenvalue weighted by atomic mass is 32.2. The molecule has 4 aromatic rings. The van der Waals surface area contributed by atoms with E-state index in [1.807, 2.05) is 0 Å². The molecule has 0 fully saturated rings. The number of thioether (sulfide) groups is 1. The van der Waals surface area contributed by atoms with Crippen molar-refractivity contribution in [3.63, 3.8) is 0 Å². The van der Waals surface area contributed by atoms with Crippen LogP contribution in [0.2, 0.25) is 0 Å². The second-order valence-electron chi connectivity index (χ2n) is 7.04. The number of rotatable bonds is 6. The second kappa shape index (κ2) is 8.77. The van der Waals surface area contributed by atoms with Crippen LogP contribution in [0, 0.1) is 12.7 Å². The van der Waals surface area contributed by atoms with E-state index >= 15 is 0 Å². The predicted molar refractivity (Wildman–Crippen MR) is 118 cm³/mol. The van der Waals surface area contributed by atoms with Crippen LogP contribution in [0.1, 0.15) is 18.2 Å². The normalized spacial score (nSPS) is 12.1. The lowest BCUT2D eigenvalue weighted by Gasteiger charge is -2.16. The lowest BCUT2D eigenvalue weighted by atomic mass is 10.2. The van der Waals surface area contributed by atoms with Crippen LogP contribution in [-0.2, 0) is 11.3 Å². The Morgan fingerprint density at radius 1 is 1.23 bits per heavy atom. The van der Waals surface area contributed by atoms with Crippen LogP contribution in [0.5, 0.6) is 0 Å². The second-order valence-corrected chi connectivity index (χ2v) is 8.35. The molecule has 8 heteroatoms. The largest absolute Gasteiger partial charge is 0.467 e. The maximum atomic E-state index is 14.3. The number of para-hydroxylation sites is 1. The first-order valence-corrected chi connectivity index (χ1v) is 10.6. The van der Waals surface area contributed by atoms with Crippen molar-refractivity contribution in [1.29, 1.82) is 0 Å². The Hall–Kier alpha value is -3.39. The highest BCUT2D eigenvalue weighted by Crippen LogP contribution is 2.26. The van der Waals surface area contributed by atoms with Crippen molar-refractivity contribution in [3.05, 3.63) is 88.4 Å². The zero-order valence-electron chi connectivity index (χ0n) is 17.0. The molecule has 1 atom stereocenters. The minimum Gasteiger partial charge on any atom is -0.467 e. The molecule has 0 aliphatic rings. The van der Waals surface area contributed by atoms with Crippen molar-refractivity contribution >= 4 is 28.6 Å². The van der Waals surface area contributed by atoms with E-state index in [2.05, 4.69) is 10.3 Å². The number of nitrogens with zero attached hydrogens (tertiary/aromatic N) is 2. The van der Waals surface area contributed by atoms with Crippen molar-refractivity contribution in [3.8, 4) is 5.69 Å². The SMILES string of the molecule is Cc1ccc(-n2c(SC(C)C(=O)NCc3ccco3)nc3ccccc3c2=O)cc1F. The molecule has 0 saturated carbocycles. The van der Waals surface area contributed by atoms with Crippen LogP contribution >= 0.6 is 11.8 Å². The summed E-state index contributed by atoms with van der Waals surface area (Å²) in [6.45, 7) is 3.64. The molecule has 1 unspecified atom stereocenters. The highest BCUT2D eigenvalue weighted by Gasteiger charge is 2.20. The van der Waals surface area contributed by atoms with Gasteiger partial charge in [0.05, 0.1) is 34.6 Å². The van der Waals surface area contributed by atoms with E-state index in [0.717, 1.165) is 11.8 Å². The Morgan fingerprint density at radius 2 is 2.03 bits per heavy atom. The summed E-state index contributed by atoms with van der Waals surface area (Å²) >= 11 is 1.14. The molecule has 0 saturated heterocycles. The molecule has 0 bridgehead atoms. The summed E-state index contributed by atoms with van der Waals surface area (Å²) in [6.07, 6.45) is 1.54. The molecule has 6 nitrogen and oxygen atoms in total. The summed E-state index contributed by atoms with van der Waals surface area (Å²) in [4.78, 5) is 30.4. The molecule has 0 aliphatic heterocycles. The molecule has 0 spiro atoms. The smallest absolute Gasteiger partial charge is 0.266 e. The molecule has 2 aromatic carbocycles. The Bertz CT molecular complexity index is 1300. The number of hydrogen-bond donors (Lipinski definition) is 1. The Morgan fingerprint density at radius 3 is 2.77 bits per heavy atom.